The molecular formula is C12H20BrN3O. The van der Waals surface area contributed by atoms with Crippen molar-refractivity contribution in [1.82, 2.24) is 15.1 Å². The number of nitrogens with one attached hydrogen (secondary N) is 1. The molecule has 0 unspecified atom stereocenters. The van der Waals surface area contributed by atoms with E-state index in [1.54, 1.807) is 0 Å². The number of nitrogens with zero attached hydrogens (tertiary/aromatic N) is 2. The number of hydrogen-bond donors (Lipinski definition) is 1. The van der Waals surface area contributed by atoms with Gasteiger partial charge in [-0.3, -0.25) is 4.68 Å². The average molecular weight is 302 g/mol. The highest BCUT2D eigenvalue weighted by molar-refractivity contribution is 9.10. The van der Waals surface area contributed by atoms with E-state index in [0.29, 0.717) is 12.7 Å². The molecule has 1 aromatic heterocycles. The Hall–Kier alpha value is -0.390. The fourth-order valence-electron chi connectivity index (χ4n) is 2.30. The molecule has 0 radical (unpaired) electrons. The third-order valence-electron chi connectivity index (χ3n) is 3.40. The lowest BCUT2D eigenvalue weighted by Crippen LogP contribution is -2.36. The van der Waals surface area contributed by atoms with Gasteiger partial charge in [0.1, 0.15) is 0 Å². The van der Waals surface area contributed by atoms with Crippen LogP contribution in [0, 0.1) is 12.8 Å². The largest absolute Gasteiger partial charge is 0.372 e. The molecular weight excluding hydrogens is 282 g/mol. The molecule has 0 aromatic carbocycles. The summed E-state index contributed by atoms with van der Waals surface area (Å²) in [5.41, 5.74) is 2.15. The van der Waals surface area contributed by atoms with Crippen molar-refractivity contribution in [3.63, 3.8) is 0 Å². The summed E-state index contributed by atoms with van der Waals surface area (Å²) in [6.45, 7) is 3.75. The lowest BCUT2D eigenvalue weighted by Gasteiger charge is -2.35. The Kier molecular flexibility index (Phi) is 4.22. The van der Waals surface area contributed by atoms with Crippen molar-refractivity contribution in [2.24, 2.45) is 13.0 Å². The van der Waals surface area contributed by atoms with Gasteiger partial charge < -0.3 is 10.1 Å². The van der Waals surface area contributed by atoms with Gasteiger partial charge in [-0.2, -0.15) is 5.10 Å². The standard InChI is InChI=1S/C12H20BrN3O/c1-8-12(13)11(16(3)15-8)7-17-10-4-9(5-10)6-14-2/h9-10,14H,4-7H2,1-3H3. The van der Waals surface area contributed by atoms with Crippen LogP contribution < -0.4 is 5.32 Å². The smallest absolute Gasteiger partial charge is 0.0900 e. The third-order valence-corrected chi connectivity index (χ3v) is 4.43. The summed E-state index contributed by atoms with van der Waals surface area (Å²) in [4.78, 5) is 0. The topological polar surface area (TPSA) is 39.1 Å². The SMILES string of the molecule is CNCC1CC(OCc2c(Br)c(C)nn2C)C1. The summed E-state index contributed by atoms with van der Waals surface area (Å²) in [5.74, 6) is 0.793. The zero-order valence-electron chi connectivity index (χ0n) is 10.7. The summed E-state index contributed by atoms with van der Waals surface area (Å²) in [5, 5.41) is 7.56. The van der Waals surface area contributed by atoms with Crippen molar-refractivity contribution in [3.05, 3.63) is 15.9 Å². The highest BCUT2D eigenvalue weighted by Gasteiger charge is 2.29. The fraction of sp³-hybridized carbons (Fsp3) is 0.750. The van der Waals surface area contributed by atoms with E-state index in [1.165, 1.54) is 12.8 Å². The molecule has 0 atom stereocenters. The second-order valence-corrected chi connectivity index (χ2v) is 5.59. The maximum Gasteiger partial charge on any atom is 0.0900 e. The average Bonchev–Trinajstić information content (AvgIpc) is 2.47. The van der Waals surface area contributed by atoms with E-state index in [-0.39, 0.29) is 0 Å². The summed E-state index contributed by atoms with van der Waals surface area (Å²) >= 11 is 3.55. The van der Waals surface area contributed by atoms with E-state index in [0.717, 1.165) is 28.3 Å². The molecule has 0 amide bonds. The first kappa shape index (κ1) is 13.1. The molecule has 1 N–H and O–H groups in total. The lowest BCUT2D eigenvalue weighted by atomic mass is 9.82. The van der Waals surface area contributed by atoms with Gasteiger partial charge in [0.15, 0.2) is 0 Å². The second-order valence-electron chi connectivity index (χ2n) is 4.80. The maximum atomic E-state index is 5.90. The van der Waals surface area contributed by atoms with E-state index < -0.39 is 0 Å². The van der Waals surface area contributed by atoms with Crippen LogP contribution >= 0.6 is 15.9 Å². The summed E-state index contributed by atoms with van der Waals surface area (Å²) < 4.78 is 8.86. The predicted molar refractivity (Wildman–Crippen MR) is 70.9 cm³/mol. The van der Waals surface area contributed by atoms with Crippen LogP contribution in [0.15, 0.2) is 4.47 Å². The Morgan fingerprint density at radius 1 is 1.53 bits per heavy atom. The Morgan fingerprint density at radius 3 is 2.76 bits per heavy atom. The minimum absolute atomic E-state index is 0.426. The van der Waals surface area contributed by atoms with Crippen LogP contribution in [0.5, 0.6) is 0 Å². The number of hydrogen-bond acceptors (Lipinski definition) is 3. The van der Waals surface area contributed by atoms with E-state index in [1.807, 2.05) is 25.7 Å². The van der Waals surface area contributed by atoms with Crippen molar-refractivity contribution in [1.29, 1.82) is 0 Å². The molecule has 4 nitrogen and oxygen atoms in total. The van der Waals surface area contributed by atoms with Gasteiger partial charge in [0.05, 0.1) is 28.6 Å². The monoisotopic (exact) mass is 301 g/mol. The Balaban J connectivity index is 1.80. The first-order valence-corrected chi connectivity index (χ1v) is 6.85. The van der Waals surface area contributed by atoms with Crippen LogP contribution in [0.2, 0.25) is 0 Å². The van der Waals surface area contributed by atoms with Crippen LogP contribution in [0.3, 0.4) is 0 Å². The first-order valence-electron chi connectivity index (χ1n) is 6.06. The van der Waals surface area contributed by atoms with Crippen molar-refractivity contribution >= 4 is 15.9 Å². The molecule has 1 aromatic rings. The van der Waals surface area contributed by atoms with Gasteiger partial charge in [0.25, 0.3) is 0 Å². The van der Waals surface area contributed by atoms with Gasteiger partial charge in [-0.05, 0) is 55.2 Å². The van der Waals surface area contributed by atoms with Crippen LogP contribution in [-0.2, 0) is 18.4 Å². The number of aromatic nitrogens is 2. The van der Waals surface area contributed by atoms with E-state index in [2.05, 4.69) is 26.3 Å². The number of rotatable bonds is 5. The number of ether oxygens (including phenoxy) is 1. The molecule has 1 heterocycles. The molecule has 2 rings (SSSR count). The molecule has 0 bridgehead atoms. The van der Waals surface area contributed by atoms with Gasteiger partial charge in [0, 0.05) is 7.05 Å². The molecule has 0 spiro atoms. The summed E-state index contributed by atoms with van der Waals surface area (Å²) in [6, 6.07) is 0. The van der Waals surface area contributed by atoms with Crippen molar-refractivity contribution in [2.45, 2.75) is 32.5 Å². The predicted octanol–water partition coefficient (Wildman–Crippen LogP) is 2.01. The minimum Gasteiger partial charge on any atom is -0.372 e. The molecule has 0 aliphatic heterocycles. The molecule has 17 heavy (non-hydrogen) atoms. The van der Waals surface area contributed by atoms with E-state index in [4.69, 9.17) is 4.74 Å². The van der Waals surface area contributed by atoms with E-state index in [9.17, 15) is 0 Å². The third kappa shape index (κ3) is 2.89. The van der Waals surface area contributed by atoms with Gasteiger partial charge >= 0.3 is 0 Å². The highest BCUT2D eigenvalue weighted by atomic mass is 79.9. The quantitative estimate of drug-likeness (QED) is 0.904. The maximum absolute atomic E-state index is 5.90. The number of aryl methyl sites for hydroxylation is 2. The second kappa shape index (κ2) is 5.50. The molecule has 1 aliphatic rings. The Morgan fingerprint density at radius 2 is 2.24 bits per heavy atom. The van der Waals surface area contributed by atoms with Crippen LogP contribution in [0.4, 0.5) is 0 Å². The Bertz CT molecular complexity index is 385. The van der Waals surface area contributed by atoms with Crippen LogP contribution in [0.25, 0.3) is 0 Å². The highest BCUT2D eigenvalue weighted by Crippen LogP contribution is 2.31. The normalized spacial score (nSPS) is 23.8. The van der Waals surface area contributed by atoms with E-state index >= 15 is 0 Å². The van der Waals surface area contributed by atoms with Gasteiger partial charge in [-0.1, -0.05) is 0 Å². The fourth-order valence-corrected chi connectivity index (χ4v) is 2.75. The molecule has 1 fully saturated rings. The van der Waals surface area contributed by atoms with Crippen molar-refractivity contribution in [3.8, 4) is 0 Å². The van der Waals surface area contributed by atoms with Gasteiger partial charge in [-0.15, -0.1) is 0 Å². The van der Waals surface area contributed by atoms with Crippen molar-refractivity contribution in [2.75, 3.05) is 13.6 Å². The number of halogens is 1. The van der Waals surface area contributed by atoms with Crippen LogP contribution in [-0.4, -0.2) is 29.5 Å². The zero-order chi connectivity index (χ0) is 12.4. The summed E-state index contributed by atoms with van der Waals surface area (Å²) in [6.07, 6.45) is 2.78. The molecule has 96 valence electrons. The van der Waals surface area contributed by atoms with Crippen molar-refractivity contribution < 1.29 is 4.74 Å². The lowest BCUT2D eigenvalue weighted by molar-refractivity contribution is -0.0413. The minimum atomic E-state index is 0.426. The van der Waals surface area contributed by atoms with Gasteiger partial charge in [0.2, 0.25) is 0 Å². The first-order chi connectivity index (χ1) is 8.11. The zero-order valence-corrected chi connectivity index (χ0v) is 12.2. The van der Waals surface area contributed by atoms with Crippen LogP contribution in [0.1, 0.15) is 24.2 Å². The molecule has 5 heteroatoms. The Labute approximate surface area is 111 Å². The molecule has 0 saturated heterocycles. The molecule has 1 saturated carbocycles. The van der Waals surface area contributed by atoms with Gasteiger partial charge in [-0.25, -0.2) is 0 Å². The summed E-state index contributed by atoms with van der Waals surface area (Å²) in [7, 11) is 3.96. The molecule has 1 aliphatic carbocycles.